The predicted molar refractivity (Wildman–Crippen MR) is 117 cm³/mol. The van der Waals surface area contributed by atoms with Crippen LogP contribution in [0.4, 0.5) is 0 Å². The van der Waals surface area contributed by atoms with Crippen molar-refractivity contribution in [2.24, 2.45) is 0 Å². The van der Waals surface area contributed by atoms with E-state index in [1.807, 2.05) is 0 Å². The molecule has 0 fully saturated rings. The molecule has 0 aliphatic carbocycles. The van der Waals surface area contributed by atoms with Gasteiger partial charge in [0, 0.05) is 0 Å². The molecule has 3 aromatic rings. The molecule has 0 aliphatic rings. The number of hydrogen-bond acceptors (Lipinski definition) is 2. The van der Waals surface area contributed by atoms with E-state index < -0.39 is 7.26 Å². The molecule has 0 N–H and O–H groups in total. The maximum atomic E-state index is 11.1. The molecule has 0 radical (unpaired) electrons. The van der Waals surface area contributed by atoms with Crippen molar-refractivity contribution >= 4 is 35.6 Å². The zero-order chi connectivity index (χ0) is 18.2. The molecule has 0 bridgehead atoms. The molecule has 3 rings (SSSR count). The second-order valence-electron chi connectivity index (χ2n) is 6.52. The summed E-state index contributed by atoms with van der Waals surface area (Å²) in [6, 6.07) is 32.6. The van der Waals surface area contributed by atoms with Crippen LogP contribution in [0.1, 0.15) is 12.8 Å². The van der Waals surface area contributed by atoms with Gasteiger partial charge in [0.05, 0.1) is 0 Å². The topological polar surface area (TPSA) is 26.1 Å². The standard InChI is InChI=1S/C22H24NOPS/c24-23(26)18-10-11-19-25(20-12-4-1-5-13-20,21-14-6-2-7-15-21)22-16-8-3-9-17-22/h1-9,12-17,25H,10-11,18-19H2. The van der Waals surface area contributed by atoms with Crippen molar-refractivity contribution in [2.75, 3.05) is 12.7 Å². The van der Waals surface area contributed by atoms with Gasteiger partial charge >= 0.3 is 161 Å². The Morgan fingerprint density at radius 1 is 0.654 bits per heavy atom. The fourth-order valence-electron chi connectivity index (χ4n) is 3.73. The second-order valence-corrected chi connectivity index (χ2v) is 11.0. The van der Waals surface area contributed by atoms with Crippen LogP contribution in [0, 0.1) is 5.21 Å². The van der Waals surface area contributed by atoms with E-state index in [9.17, 15) is 5.21 Å². The molecule has 0 saturated heterocycles. The molecule has 0 spiro atoms. The molecule has 0 amide bonds. The summed E-state index contributed by atoms with van der Waals surface area (Å²) in [5.74, 6) is 0. The van der Waals surface area contributed by atoms with Crippen molar-refractivity contribution in [1.29, 1.82) is 0 Å². The van der Waals surface area contributed by atoms with Crippen LogP contribution >= 0.6 is 7.26 Å². The molecule has 0 saturated carbocycles. The molecule has 0 unspecified atom stereocenters. The van der Waals surface area contributed by atoms with Gasteiger partial charge in [-0.2, -0.15) is 0 Å². The fourth-order valence-corrected chi connectivity index (χ4v) is 8.79. The normalized spacial score (nSPS) is 11.8. The quantitative estimate of drug-likeness (QED) is 0.257. The zero-order valence-corrected chi connectivity index (χ0v) is 16.6. The van der Waals surface area contributed by atoms with Crippen LogP contribution in [0.15, 0.2) is 91.0 Å². The molecule has 0 heterocycles. The van der Waals surface area contributed by atoms with Gasteiger partial charge in [-0.1, -0.05) is 0 Å². The number of hydrogen-bond donors (Lipinski definition) is 0. The van der Waals surface area contributed by atoms with Gasteiger partial charge in [-0.25, -0.2) is 0 Å². The van der Waals surface area contributed by atoms with E-state index >= 15 is 0 Å². The van der Waals surface area contributed by atoms with Gasteiger partial charge in [-0.05, 0) is 0 Å². The van der Waals surface area contributed by atoms with Gasteiger partial charge in [0.1, 0.15) is 0 Å². The van der Waals surface area contributed by atoms with Crippen molar-refractivity contribution in [3.05, 3.63) is 96.2 Å². The van der Waals surface area contributed by atoms with Crippen LogP contribution in [0.3, 0.4) is 0 Å². The maximum absolute atomic E-state index is 11.1. The van der Waals surface area contributed by atoms with Gasteiger partial charge in [0.15, 0.2) is 0 Å². The Balaban J connectivity index is 2.10. The van der Waals surface area contributed by atoms with Crippen molar-refractivity contribution in [3.8, 4) is 0 Å². The van der Waals surface area contributed by atoms with E-state index in [1.165, 1.54) is 15.9 Å². The summed E-state index contributed by atoms with van der Waals surface area (Å²) in [5.41, 5.74) is 0. The Kier molecular flexibility index (Phi) is 6.49. The number of unbranched alkanes of at least 4 members (excludes halogenated alkanes) is 1. The Hall–Kier alpha value is -2.09. The summed E-state index contributed by atoms with van der Waals surface area (Å²) in [7, 11) is -2.15. The summed E-state index contributed by atoms with van der Waals surface area (Å²) >= 11 is 4.66. The monoisotopic (exact) mass is 381 g/mol. The summed E-state index contributed by atoms with van der Waals surface area (Å²) in [5, 5.41) is 15.4. The summed E-state index contributed by atoms with van der Waals surface area (Å²) < 4.78 is 0.622. The Morgan fingerprint density at radius 3 is 1.38 bits per heavy atom. The molecule has 3 aromatic carbocycles. The van der Waals surface area contributed by atoms with Crippen LogP contribution in [0.25, 0.3) is 0 Å². The first-order valence-corrected chi connectivity index (χ1v) is 11.6. The van der Waals surface area contributed by atoms with Crippen LogP contribution < -0.4 is 15.9 Å². The number of rotatable bonds is 8. The van der Waals surface area contributed by atoms with Crippen LogP contribution in [-0.2, 0) is 12.4 Å². The summed E-state index contributed by atoms with van der Waals surface area (Å²) in [6.07, 6.45) is 2.88. The molecular weight excluding hydrogens is 357 g/mol. The summed E-state index contributed by atoms with van der Waals surface area (Å²) in [6.45, 7) is 0.415. The Morgan fingerprint density at radius 2 is 1.04 bits per heavy atom. The van der Waals surface area contributed by atoms with Crippen molar-refractivity contribution in [3.63, 3.8) is 0 Å². The van der Waals surface area contributed by atoms with Crippen LogP contribution in [-0.4, -0.2) is 16.8 Å². The Labute approximate surface area is 161 Å². The number of nitrogens with zero attached hydrogens (tertiary/aromatic N) is 1. The van der Waals surface area contributed by atoms with E-state index in [4.69, 9.17) is 0 Å². The first kappa shape index (κ1) is 18.7. The third-order valence-corrected chi connectivity index (χ3v) is 10.2. The summed E-state index contributed by atoms with van der Waals surface area (Å²) in [4.78, 5) is 0. The van der Waals surface area contributed by atoms with E-state index in [2.05, 4.69) is 103 Å². The van der Waals surface area contributed by atoms with Crippen molar-refractivity contribution < 1.29 is 4.11 Å². The van der Waals surface area contributed by atoms with Gasteiger partial charge in [-0.3, -0.25) is 0 Å². The minimum atomic E-state index is -2.15. The second kappa shape index (κ2) is 9.02. The van der Waals surface area contributed by atoms with E-state index in [1.54, 1.807) is 0 Å². The van der Waals surface area contributed by atoms with E-state index in [-0.39, 0.29) is 0 Å². The SMILES string of the molecule is [O-][N+](=S)CCCC[PH](c1ccccc1)(c1ccccc1)c1ccccc1. The number of hydroxylamine groups is 1. The molecule has 2 nitrogen and oxygen atoms in total. The van der Waals surface area contributed by atoms with Crippen LogP contribution in [0.2, 0.25) is 0 Å². The molecule has 0 aliphatic heterocycles. The predicted octanol–water partition coefficient (Wildman–Crippen LogP) is 3.73. The van der Waals surface area contributed by atoms with Crippen molar-refractivity contribution in [1.82, 2.24) is 0 Å². The molecular formula is C22H24NOPS. The van der Waals surface area contributed by atoms with Crippen LogP contribution in [0.5, 0.6) is 0 Å². The molecule has 0 aromatic heterocycles. The minimum absolute atomic E-state index is 0.415. The van der Waals surface area contributed by atoms with Crippen molar-refractivity contribution in [2.45, 2.75) is 12.8 Å². The first-order valence-electron chi connectivity index (χ1n) is 9.02. The molecule has 26 heavy (non-hydrogen) atoms. The van der Waals surface area contributed by atoms with Gasteiger partial charge in [0.25, 0.3) is 0 Å². The average Bonchev–Trinajstić information content (AvgIpc) is 2.70. The van der Waals surface area contributed by atoms with Gasteiger partial charge in [0.2, 0.25) is 0 Å². The zero-order valence-electron chi connectivity index (χ0n) is 14.8. The van der Waals surface area contributed by atoms with E-state index in [0.717, 1.165) is 19.0 Å². The third-order valence-electron chi connectivity index (χ3n) is 4.94. The molecule has 4 heteroatoms. The van der Waals surface area contributed by atoms with E-state index in [0.29, 0.717) is 10.7 Å². The molecule has 134 valence electrons. The molecule has 0 atom stereocenters. The number of benzene rings is 3. The average molecular weight is 381 g/mol. The first-order chi connectivity index (χ1) is 12.7. The Bertz CT molecular complexity index is 728. The van der Waals surface area contributed by atoms with Gasteiger partial charge < -0.3 is 0 Å². The third kappa shape index (κ3) is 4.17. The van der Waals surface area contributed by atoms with Gasteiger partial charge in [-0.15, -0.1) is 0 Å². The fraction of sp³-hybridized carbons (Fsp3) is 0.182.